The highest BCUT2D eigenvalue weighted by molar-refractivity contribution is 5.82. The number of carbonyl (C=O) groups is 1. The molecule has 2 fully saturated rings. The van der Waals surface area contributed by atoms with Crippen LogP contribution >= 0.6 is 0 Å². The van der Waals surface area contributed by atoms with Crippen LogP contribution in [-0.2, 0) is 11.3 Å². The Bertz CT molecular complexity index is 533. The first-order chi connectivity index (χ1) is 11.1. The van der Waals surface area contributed by atoms with E-state index in [0.29, 0.717) is 12.5 Å². The average Bonchev–Trinajstić information content (AvgIpc) is 2.99. The van der Waals surface area contributed by atoms with E-state index in [2.05, 4.69) is 41.0 Å². The van der Waals surface area contributed by atoms with Crippen LogP contribution in [0.5, 0.6) is 0 Å². The number of carbonyl (C=O) groups excluding carboxylic acids is 1. The van der Waals surface area contributed by atoms with Crippen molar-refractivity contribution in [1.82, 2.24) is 9.80 Å². The molecule has 0 aliphatic carbocycles. The van der Waals surface area contributed by atoms with Crippen LogP contribution in [0, 0.1) is 5.41 Å². The van der Waals surface area contributed by atoms with E-state index in [0.717, 1.165) is 45.4 Å². The zero-order chi connectivity index (χ0) is 16.3. The molecule has 126 valence electrons. The van der Waals surface area contributed by atoms with Gasteiger partial charge in [0.1, 0.15) is 0 Å². The average molecular weight is 315 g/mol. The fraction of sp³-hybridized carbons (Fsp3) is 0.632. The van der Waals surface area contributed by atoms with Crippen LogP contribution in [0.1, 0.15) is 38.2 Å². The number of nitrogens with zero attached hydrogens (tertiary/aromatic N) is 2. The van der Waals surface area contributed by atoms with Crippen LogP contribution in [0.3, 0.4) is 0 Å². The van der Waals surface area contributed by atoms with Crippen molar-refractivity contribution in [3.8, 4) is 0 Å². The van der Waals surface area contributed by atoms with Gasteiger partial charge >= 0.3 is 0 Å². The Hall–Kier alpha value is -1.39. The highest BCUT2D eigenvalue weighted by Gasteiger charge is 2.39. The molecule has 0 radical (unpaired) electrons. The third kappa shape index (κ3) is 3.75. The first-order valence-electron chi connectivity index (χ1n) is 8.88. The van der Waals surface area contributed by atoms with Gasteiger partial charge in [-0.2, -0.15) is 0 Å². The van der Waals surface area contributed by atoms with Crippen LogP contribution in [0.25, 0.3) is 0 Å². The summed E-state index contributed by atoms with van der Waals surface area (Å²) in [5.41, 5.74) is 7.29. The Morgan fingerprint density at radius 3 is 2.74 bits per heavy atom. The van der Waals surface area contributed by atoms with E-state index in [4.69, 9.17) is 5.73 Å². The van der Waals surface area contributed by atoms with Gasteiger partial charge in [0, 0.05) is 19.6 Å². The lowest BCUT2D eigenvalue weighted by Gasteiger charge is -2.37. The lowest BCUT2D eigenvalue weighted by atomic mass is 9.90. The molecular formula is C19H29N3O. The topological polar surface area (TPSA) is 49.6 Å². The smallest absolute Gasteiger partial charge is 0.239 e. The van der Waals surface area contributed by atoms with E-state index in [9.17, 15) is 4.79 Å². The molecule has 3 rings (SSSR count). The zero-order valence-electron chi connectivity index (χ0n) is 14.2. The molecule has 23 heavy (non-hydrogen) atoms. The Balaban J connectivity index is 1.67. The van der Waals surface area contributed by atoms with Crippen LogP contribution in [0.4, 0.5) is 0 Å². The maximum atomic E-state index is 13.0. The molecule has 2 saturated heterocycles. The highest BCUT2D eigenvalue weighted by atomic mass is 16.2. The molecule has 2 N–H and O–H groups in total. The van der Waals surface area contributed by atoms with Gasteiger partial charge in [-0.1, -0.05) is 43.7 Å². The molecule has 4 nitrogen and oxygen atoms in total. The second-order valence-electron chi connectivity index (χ2n) is 7.49. The number of likely N-dealkylation sites (tertiary alicyclic amines) is 2. The summed E-state index contributed by atoms with van der Waals surface area (Å²) in [6.07, 6.45) is 4.36. The third-order valence-electron chi connectivity index (χ3n) is 5.49. The van der Waals surface area contributed by atoms with Crippen molar-refractivity contribution in [1.29, 1.82) is 0 Å². The maximum absolute atomic E-state index is 13.0. The van der Waals surface area contributed by atoms with Gasteiger partial charge < -0.3 is 10.6 Å². The molecule has 2 unspecified atom stereocenters. The van der Waals surface area contributed by atoms with Gasteiger partial charge in [0.25, 0.3) is 0 Å². The van der Waals surface area contributed by atoms with Gasteiger partial charge in [0.15, 0.2) is 0 Å². The van der Waals surface area contributed by atoms with Crippen molar-refractivity contribution in [2.75, 3.05) is 26.2 Å². The standard InChI is InChI=1S/C19H29N3O/c1-19(14-20)10-12-22(15-19)18(23)17-9-5-6-11-21(17)13-16-7-3-2-4-8-16/h2-4,7-8,17H,5-6,9-15,20H2,1H3. The molecule has 1 aromatic rings. The second kappa shape index (κ2) is 7.02. The van der Waals surface area contributed by atoms with Crippen molar-refractivity contribution in [2.45, 2.75) is 45.2 Å². The molecule has 2 heterocycles. The summed E-state index contributed by atoms with van der Waals surface area (Å²) in [6, 6.07) is 10.5. The van der Waals surface area contributed by atoms with Crippen LogP contribution in [-0.4, -0.2) is 47.9 Å². The first kappa shape index (κ1) is 16.5. The minimum absolute atomic E-state index is 0.0454. The first-order valence-corrected chi connectivity index (χ1v) is 8.88. The number of hydrogen-bond acceptors (Lipinski definition) is 3. The van der Waals surface area contributed by atoms with E-state index < -0.39 is 0 Å². The van der Waals surface area contributed by atoms with Gasteiger partial charge in [0.2, 0.25) is 5.91 Å². The Kier molecular flexibility index (Phi) is 5.02. The van der Waals surface area contributed by atoms with E-state index >= 15 is 0 Å². The number of hydrogen-bond donors (Lipinski definition) is 1. The molecule has 1 amide bonds. The Morgan fingerprint density at radius 2 is 2.04 bits per heavy atom. The molecule has 2 aliphatic heterocycles. The van der Waals surface area contributed by atoms with Crippen molar-refractivity contribution >= 4 is 5.91 Å². The molecule has 0 spiro atoms. The summed E-state index contributed by atoms with van der Waals surface area (Å²) in [6.45, 7) is 6.44. The molecule has 0 bridgehead atoms. The monoisotopic (exact) mass is 315 g/mol. The molecule has 1 aromatic carbocycles. The predicted molar refractivity (Wildman–Crippen MR) is 92.8 cm³/mol. The highest BCUT2D eigenvalue weighted by Crippen LogP contribution is 2.30. The third-order valence-corrected chi connectivity index (χ3v) is 5.49. The lowest BCUT2D eigenvalue weighted by molar-refractivity contribution is -0.137. The van der Waals surface area contributed by atoms with Gasteiger partial charge in [-0.05, 0) is 43.3 Å². The van der Waals surface area contributed by atoms with Crippen molar-refractivity contribution in [3.63, 3.8) is 0 Å². The van der Waals surface area contributed by atoms with Crippen molar-refractivity contribution in [2.24, 2.45) is 11.1 Å². The summed E-state index contributed by atoms with van der Waals surface area (Å²) in [7, 11) is 0. The summed E-state index contributed by atoms with van der Waals surface area (Å²) in [5.74, 6) is 0.317. The van der Waals surface area contributed by atoms with E-state index in [1.54, 1.807) is 0 Å². The predicted octanol–water partition coefficient (Wildman–Crippen LogP) is 2.24. The summed E-state index contributed by atoms with van der Waals surface area (Å²) in [5, 5.41) is 0. The largest absolute Gasteiger partial charge is 0.341 e. The quantitative estimate of drug-likeness (QED) is 0.927. The molecule has 0 aromatic heterocycles. The molecular weight excluding hydrogens is 286 g/mol. The summed E-state index contributed by atoms with van der Waals surface area (Å²) in [4.78, 5) is 17.5. The van der Waals surface area contributed by atoms with Crippen LogP contribution in [0.15, 0.2) is 30.3 Å². The molecule has 4 heteroatoms. The number of piperidine rings is 1. The van der Waals surface area contributed by atoms with Crippen molar-refractivity contribution < 1.29 is 4.79 Å². The van der Waals surface area contributed by atoms with Crippen LogP contribution in [0.2, 0.25) is 0 Å². The minimum atomic E-state index is 0.0454. The number of rotatable bonds is 4. The van der Waals surface area contributed by atoms with E-state index in [-0.39, 0.29) is 11.5 Å². The van der Waals surface area contributed by atoms with E-state index in [1.165, 1.54) is 12.0 Å². The Labute approximate surface area is 139 Å². The van der Waals surface area contributed by atoms with E-state index in [1.807, 2.05) is 6.07 Å². The number of amides is 1. The lowest BCUT2D eigenvalue weighted by Crippen LogP contribution is -2.50. The Morgan fingerprint density at radius 1 is 1.26 bits per heavy atom. The summed E-state index contributed by atoms with van der Waals surface area (Å²) >= 11 is 0. The molecule has 2 aliphatic rings. The summed E-state index contributed by atoms with van der Waals surface area (Å²) < 4.78 is 0. The van der Waals surface area contributed by atoms with Crippen LogP contribution < -0.4 is 5.73 Å². The van der Waals surface area contributed by atoms with Gasteiger partial charge in [-0.25, -0.2) is 0 Å². The van der Waals surface area contributed by atoms with Gasteiger partial charge in [0.05, 0.1) is 6.04 Å². The number of benzene rings is 1. The zero-order valence-corrected chi connectivity index (χ0v) is 14.2. The minimum Gasteiger partial charge on any atom is -0.341 e. The fourth-order valence-electron chi connectivity index (χ4n) is 3.87. The molecule has 2 atom stereocenters. The van der Waals surface area contributed by atoms with Gasteiger partial charge in [-0.3, -0.25) is 9.69 Å². The second-order valence-corrected chi connectivity index (χ2v) is 7.49. The SMILES string of the molecule is CC1(CN)CCN(C(=O)C2CCCCN2Cc2ccccc2)C1. The van der Waals surface area contributed by atoms with Crippen molar-refractivity contribution in [3.05, 3.63) is 35.9 Å². The normalized spacial score (nSPS) is 29.0. The number of nitrogens with two attached hydrogens (primary N) is 1. The van der Waals surface area contributed by atoms with Gasteiger partial charge in [-0.15, -0.1) is 0 Å². The molecule has 0 saturated carbocycles. The maximum Gasteiger partial charge on any atom is 0.239 e. The fourth-order valence-corrected chi connectivity index (χ4v) is 3.87.